The summed E-state index contributed by atoms with van der Waals surface area (Å²) in [5, 5.41) is 0. The van der Waals surface area contributed by atoms with Gasteiger partial charge in [-0.3, -0.25) is 20.4 Å². The molecule has 0 radical (unpaired) electrons. The summed E-state index contributed by atoms with van der Waals surface area (Å²) in [6, 6.07) is 9.00. The number of ether oxygens (including phenoxy) is 2. The van der Waals surface area contributed by atoms with E-state index in [4.69, 9.17) is 9.47 Å². The molecule has 0 heterocycles. The van der Waals surface area contributed by atoms with Gasteiger partial charge in [0, 0.05) is 6.61 Å². The normalized spacial score (nSPS) is 11.5. The smallest absolute Gasteiger partial charge is 0.279 e. The highest BCUT2D eigenvalue weighted by atomic mass is 16.5. The SMILES string of the molecule is CCOCCC(=O)NNC(=O)C(C)Oc1ccccc1. The monoisotopic (exact) mass is 280 g/mol. The van der Waals surface area contributed by atoms with Gasteiger partial charge in [-0.25, -0.2) is 0 Å². The minimum Gasteiger partial charge on any atom is -0.481 e. The lowest BCUT2D eigenvalue weighted by atomic mass is 10.3. The molecule has 1 unspecified atom stereocenters. The molecule has 2 N–H and O–H groups in total. The minimum absolute atomic E-state index is 0.196. The van der Waals surface area contributed by atoms with Crippen molar-refractivity contribution in [3.63, 3.8) is 0 Å². The molecular formula is C14H20N2O4. The third kappa shape index (κ3) is 6.19. The van der Waals surface area contributed by atoms with Gasteiger partial charge in [0.1, 0.15) is 5.75 Å². The van der Waals surface area contributed by atoms with E-state index in [0.29, 0.717) is 19.0 Å². The van der Waals surface area contributed by atoms with E-state index in [1.54, 1.807) is 19.1 Å². The number of rotatable bonds is 7. The van der Waals surface area contributed by atoms with Gasteiger partial charge in [-0.1, -0.05) is 18.2 Å². The number of hydrazine groups is 1. The number of carbonyl (C=O) groups is 2. The van der Waals surface area contributed by atoms with Crippen LogP contribution in [0.15, 0.2) is 30.3 Å². The van der Waals surface area contributed by atoms with Crippen LogP contribution in [-0.4, -0.2) is 31.1 Å². The quantitative estimate of drug-likeness (QED) is 0.577. The van der Waals surface area contributed by atoms with Crippen LogP contribution in [0.1, 0.15) is 20.3 Å². The van der Waals surface area contributed by atoms with Gasteiger partial charge in [-0.15, -0.1) is 0 Å². The molecule has 0 aliphatic rings. The van der Waals surface area contributed by atoms with Gasteiger partial charge in [0.25, 0.3) is 5.91 Å². The number of benzene rings is 1. The number of hydrogen-bond donors (Lipinski definition) is 2. The summed E-state index contributed by atoms with van der Waals surface area (Å²) >= 11 is 0. The molecule has 1 atom stereocenters. The van der Waals surface area contributed by atoms with Gasteiger partial charge in [0.2, 0.25) is 5.91 Å². The number of carbonyl (C=O) groups excluding carboxylic acids is 2. The standard InChI is InChI=1S/C14H20N2O4/c1-3-19-10-9-13(17)15-16-14(18)11(2)20-12-7-5-4-6-8-12/h4-8,11H,3,9-10H2,1-2H3,(H,15,17)(H,16,18). The molecule has 0 aliphatic carbocycles. The average Bonchev–Trinajstić information content (AvgIpc) is 2.46. The molecule has 0 fully saturated rings. The lowest BCUT2D eigenvalue weighted by Gasteiger charge is -2.15. The van der Waals surface area contributed by atoms with Crippen LogP contribution in [0, 0.1) is 0 Å². The Hall–Kier alpha value is -2.08. The Morgan fingerprint density at radius 1 is 1.20 bits per heavy atom. The van der Waals surface area contributed by atoms with Gasteiger partial charge in [-0.05, 0) is 26.0 Å². The van der Waals surface area contributed by atoms with E-state index in [0.717, 1.165) is 0 Å². The minimum atomic E-state index is -0.704. The first-order valence-corrected chi connectivity index (χ1v) is 6.51. The van der Waals surface area contributed by atoms with Crippen molar-refractivity contribution >= 4 is 11.8 Å². The topological polar surface area (TPSA) is 76.7 Å². The van der Waals surface area contributed by atoms with Crippen molar-refractivity contribution in [2.24, 2.45) is 0 Å². The molecule has 20 heavy (non-hydrogen) atoms. The van der Waals surface area contributed by atoms with Crippen LogP contribution >= 0.6 is 0 Å². The fourth-order valence-electron chi connectivity index (χ4n) is 1.36. The van der Waals surface area contributed by atoms with E-state index in [2.05, 4.69) is 10.9 Å². The first-order chi connectivity index (χ1) is 9.63. The zero-order chi connectivity index (χ0) is 14.8. The first-order valence-electron chi connectivity index (χ1n) is 6.51. The van der Waals surface area contributed by atoms with Gasteiger partial charge >= 0.3 is 0 Å². The predicted molar refractivity (Wildman–Crippen MR) is 73.9 cm³/mol. The molecule has 1 rings (SSSR count). The van der Waals surface area contributed by atoms with Crippen LogP contribution < -0.4 is 15.6 Å². The summed E-state index contributed by atoms with van der Waals surface area (Å²) in [4.78, 5) is 23.1. The Bertz CT molecular complexity index is 422. The molecule has 110 valence electrons. The number of nitrogens with one attached hydrogen (secondary N) is 2. The zero-order valence-electron chi connectivity index (χ0n) is 11.7. The molecule has 2 amide bonds. The van der Waals surface area contributed by atoms with Crippen LogP contribution in [0.5, 0.6) is 5.75 Å². The Morgan fingerprint density at radius 2 is 1.90 bits per heavy atom. The molecule has 0 aliphatic heterocycles. The summed E-state index contributed by atoms with van der Waals surface area (Å²) in [6.45, 7) is 4.34. The number of para-hydroxylation sites is 1. The van der Waals surface area contributed by atoms with Crippen LogP contribution in [0.3, 0.4) is 0 Å². The summed E-state index contributed by atoms with van der Waals surface area (Å²) in [6.07, 6.45) is -0.508. The van der Waals surface area contributed by atoms with Crippen molar-refractivity contribution in [1.82, 2.24) is 10.9 Å². The maximum atomic E-state index is 11.7. The van der Waals surface area contributed by atoms with E-state index in [1.807, 2.05) is 25.1 Å². The third-order valence-electron chi connectivity index (χ3n) is 2.43. The van der Waals surface area contributed by atoms with E-state index in [-0.39, 0.29) is 12.3 Å². The third-order valence-corrected chi connectivity index (χ3v) is 2.43. The maximum Gasteiger partial charge on any atom is 0.279 e. The Kier molecular flexibility index (Phi) is 7.13. The lowest BCUT2D eigenvalue weighted by molar-refractivity contribution is -0.133. The lowest BCUT2D eigenvalue weighted by Crippen LogP contribution is -2.47. The van der Waals surface area contributed by atoms with Gasteiger partial charge < -0.3 is 9.47 Å². The van der Waals surface area contributed by atoms with Crippen molar-refractivity contribution in [1.29, 1.82) is 0 Å². The zero-order valence-corrected chi connectivity index (χ0v) is 11.7. The Balaban J connectivity index is 2.26. The maximum absolute atomic E-state index is 11.7. The molecular weight excluding hydrogens is 260 g/mol. The molecule has 1 aromatic rings. The fraction of sp³-hybridized carbons (Fsp3) is 0.429. The van der Waals surface area contributed by atoms with Crippen LogP contribution in [0.4, 0.5) is 0 Å². The first kappa shape index (κ1) is 16.0. The van der Waals surface area contributed by atoms with Gasteiger partial charge in [0.15, 0.2) is 6.10 Å². The Labute approximate surface area is 118 Å². The van der Waals surface area contributed by atoms with Crippen molar-refractivity contribution in [2.75, 3.05) is 13.2 Å². The van der Waals surface area contributed by atoms with Crippen LogP contribution in [-0.2, 0) is 14.3 Å². The molecule has 1 aromatic carbocycles. The molecule has 0 saturated heterocycles. The molecule has 0 saturated carbocycles. The van der Waals surface area contributed by atoms with E-state index in [1.165, 1.54) is 0 Å². The highest BCUT2D eigenvalue weighted by Crippen LogP contribution is 2.10. The molecule has 0 aromatic heterocycles. The van der Waals surface area contributed by atoms with E-state index in [9.17, 15) is 9.59 Å². The second-order valence-corrected chi connectivity index (χ2v) is 4.06. The van der Waals surface area contributed by atoms with Gasteiger partial charge in [0.05, 0.1) is 13.0 Å². The fourth-order valence-corrected chi connectivity index (χ4v) is 1.36. The van der Waals surface area contributed by atoms with E-state index >= 15 is 0 Å². The van der Waals surface area contributed by atoms with E-state index < -0.39 is 12.0 Å². The molecule has 0 spiro atoms. The predicted octanol–water partition coefficient (Wildman–Crippen LogP) is 1.03. The summed E-state index contributed by atoms with van der Waals surface area (Å²) in [5.74, 6) is -0.129. The molecule has 6 nitrogen and oxygen atoms in total. The molecule has 6 heteroatoms. The van der Waals surface area contributed by atoms with Crippen LogP contribution in [0.2, 0.25) is 0 Å². The number of amides is 2. The summed E-state index contributed by atoms with van der Waals surface area (Å²) < 4.78 is 10.5. The van der Waals surface area contributed by atoms with Crippen molar-refractivity contribution in [2.45, 2.75) is 26.4 Å². The summed E-state index contributed by atoms with van der Waals surface area (Å²) in [7, 11) is 0. The number of hydrogen-bond acceptors (Lipinski definition) is 4. The molecule has 0 bridgehead atoms. The summed E-state index contributed by atoms with van der Waals surface area (Å²) in [5.41, 5.74) is 4.62. The van der Waals surface area contributed by atoms with Gasteiger partial charge in [-0.2, -0.15) is 0 Å². The van der Waals surface area contributed by atoms with Crippen molar-refractivity contribution < 1.29 is 19.1 Å². The van der Waals surface area contributed by atoms with Crippen LogP contribution in [0.25, 0.3) is 0 Å². The highest BCUT2D eigenvalue weighted by molar-refractivity contribution is 5.84. The largest absolute Gasteiger partial charge is 0.481 e. The Morgan fingerprint density at radius 3 is 2.55 bits per heavy atom. The van der Waals surface area contributed by atoms with Crippen molar-refractivity contribution in [3.05, 3.63) is 30.3 Å². The second kappa shape index (κ2) is 8.92. The average molecular weight is 280 g/mol. The second-order valence-electron chi connectivity index (χ2n) is 4.06. The highest BCUT2D eigenvalue weighted by Gasteiger charge is 2.15. The van der Waals surface area contributed by atoms with Crippen molar-refractivity contribution in [3.8, 4) is 5.75 Å².